The van der Waals surface area contributed by atoms with Crippen molar-refractivity contribution in [1.29, 1.82) is 0 Å². The summed E-state index contributed by atoms with van der Waals surface area (Å²) >= 11 is 0. The van der Waals surface area contributed by atoms with Crippen LogP contribution in [0.1, 0.15) is 132 Å². The van der Waals surface area contributed by atoms with Gasteiger partial charge in [-0.1, -0.05) is 71.1 Å². The van der Waals surface area contributed by atoms with Crippen molar-refractivity contribution in [3.8, 4) is 0 Å². The van der Waals surface area contributed by atoms with Gasteiger partial charge < -0.3 is 38.8 Å². The molecule has 4 heterocycles. The summed E-state index contributed by atoms with van der Waals surface area (Å²) in [6, 6.07) is -1.24. The number of nitrogens with zero attached hydrogens (tertiary/aromatic N) is 5. The zero-order valence-electron chi connectivity index (χ0n) is 42.5. The largest absolute Gasteiger partial charge is 0.460 e. The molecule has 384 valence electrons. The molecule has 3 aliphatic heterocycles. The fraction of sp³-hybridized carbons (Fsp3) is 0.731. The van der Waals surface area contributed by atoms with Gasteiger partial charge >= 0.3 is 5.97 Å². The lowest BCUT2D eigenvalue weighted by Crippen LogP contribution is -2.61. The fourth-order valence-electron chi connectivity index (χ4n) is 10.7. The highest BCUT2D eigenvalue weighted by Crippen LogP contribution is 2.39. The Morgan fingerprint density at radius 3 is 2.32 bits per heavy atom. The Kier molecular flexibility index (Phi) is 20.8. The van der Waals surface area contributed by atoms with E-state index in [1.54, 1.807) is 45.9 Å². The first-order valence-electron chi connectivity index (χ1n) is 25.0. The normalized spacial score (nSPS) is 38.8. The van der Waals surface area contributed by atoms with Gasteiger partial charge in [0.2, 0.25) is 5.79 Å². The Morgan fingerprint density at radius 2 is 1.64 bits per heavy atom. The van der Waals surface area contributed by atoms with Crippen molar-refractivity contribution in [3.63, 3.8) is 0 Å². The first kappa shape index (κ1) is 55.7. The van der Waals surface area contributed by atoms with Gasteiger partial charge in [-0.05, 0) is 112 Å². The van der Waals surface area contributed by atoms with Gasteiger partial charge in [-0.2, -0.15) is 4.80 Å². The maximum atomic E-state index is 14.5. The number of hydrogen-bond acceptors (Lipinski definition) is 15. The van der Waals surface area contributed by atoms with E-state index in [0.717, 1.165) is 18.4 Å². The molecule has 1 saturated carbocycles. The minimum atomic E-state index is -2.43. The van der Waals surface area contributed by atoms with Gasteiger partial charge in [-0.3, -0.25) is 19.2 Å². The molecule has 17 nitrogen and oxygen atoms in total. The maximum absolute atomic E-state index is 14.5. The van der Waals surface area contributed by atoms with E-state index in [4.69, 9.17) is 23.7 Å². The number of tetrazole rings is 1. The lowest BCUT2D eigenvalue weighted by molar-refractivity contribution is -0.265. The number of ketones is 3. The number of carbonyl (C=O) groups excluding carboxylic acids is 5. The Bertz CT molecular complexity index is 2020. The van der Waals surface area contributed by atoms with E-state index >= 15 is 0 Å². The molecule has 0 aromatic carbocycles. The summed E-state index contributed by atoms with van der Waals surface area (Å²) in [7, 11) is 4.61. The standard InChI is InChI=1S/C52H79N5O12/c1-31-16-12-11-13-17-32(2)43(65-8)28-39-21-19-37(7)52(64,69-39)49(61)50(62)56-23-15-14-18-41(56)51(63)68-44(34(4)26-38-20-22-40(45(27-38)66-9)57-54-30-53-55-57)29-42(58)33(3)25-36(6)47(60)48(67-10)46(59)35(5)24-31/h11-13,16-17,25,30-31,33-35,37-41,43-45,47-48,60,64H,14-15,18-24,26-29H2,1-10H3/b13-11+,16-12+,32-17+,36-25+/t31-,33-,34-,35-,37-,38+,39+,40+,41+,43?,44+,45-,47-,48+,52-/m1/s1. The van der Waals surface area contributed by atoms with Crippen LogP contribution >= 0.6 is 0 Å². The molecule has 17 heteroatoms. The Hall–Kier alpha value is -4.26. The van der Waals surface area contributed by atoms with Gasteiger partial charge in [0.1, 0.15) is 30.1 Å². The van der Waals surface area contributed by atoms with Gasteiger partial charge in [0.05, 0.1) is 24.4 Å². The first-order chi connectivity index (χ1) is 32.8. The molecule has 5 rings (SSSR count). The monoisotopic (exact) mass is 966 g/mol. The minimum absolute atomic E-state index is 0.0168. The SMILES string of the molecule is COC1C[C@@H]2CC[C@@H](C)[C@@](O)(O2)C(=O)C(=O)N2CCCC[C@H]2C(=O)O[C@H]([C@H](C)C[C@@H]2CC[C@H](n3ncnn3)[C@H](OC)C2)CC(=O)[C@H](C)/C=C(\C)[C@@H](O)[C@@H](OC)C(=O)[C@H](C)C[C@H](C)/C=C/C=C/C=C/1C. The summed E-state index contributed by atoms with van der Waals surface area (Å²) in [4.78, 5) is 73.9. The highest BCUT2D eigenvalue weighted by Gasteiger charge is 2.53. The number of aliphatic hydroxyl groups excluding tert-OH is 1. The number of Topliss-reactive ketones (excluding diaryl/α,β-unsaturated/α-hetero) is 3. The summed E-state index contributed by atoms with van der Waals surface area (Å²) in [5, 5.41) is 35.7. The summed E-state index contributed by atoms with van der Waals surface area (Å²) in [6.45, 7) is 12.8. The van der Waals surface area contributed by atoms with E-state index in [-0.39, 0.29) is 60.9 Å². The fourth-order valence-corrected chi connectivity index (χ4v) is 10.7. The number of cyclic esters (lactones) is 1. The number of esters is 1. The van der Waals surface area contributed by atoms with Crippen molar-refractivity contribution >= 4 is 29.2 Å². The predicted molar refractivity (Wildman–Crippen MR) is 256 cm³/mol. The molecule has 2 saturated heterocycles. The van der Waals surface area contributed by atoms with Crippen molar-refractivity contribution in [2.24, 2.45) is 35.5 Å². The van der Waals surface area contributed by atoms with E-state index in [2.05, 4.69) is 15.4 Å². The lowest BCUT2D eigenvalue weighted by atomic mass is 9.77. The number of aliphatic hydroxyl groups is 2. The number of aromatic nitrogens is 4. The number of allylic oxidation sites excluding steroid dienone is 6. The zero-order chi connectivity index (χ0) is 50.6. The number of fused-ring (bicyclic) bond motifs is 3. The van der Waals surface area contributed by atoms with Crippen molar-refractivity contribution < 1.29 is 57.9 Å². The summed E-state index contributed by atoms with van der Waals surface area (Å²) < 4.78 is 29.9. The van der Waals surface area contributed by atoms with Crippen LogP contribution in [0.4, 0.5) is 0 Å². The second-order valence-electron chi connectivity index (χ2n) is 20.3. The Labute approximate surface area is 408 Å². The maximum Gasteiger partial charge on any atom is 0.329 e. The molecule has 1 unspecified atom stereocenters. The molecular formula is C52H79N5O12. The number of rotatable bonds is 7. The van der Waals surface area contributed by atoms with Crippen molar-refractivity contribution in [2.75, 3.05) is 27.9 Å². The molecule has 0 radical (unpaired) electrons. The molecule has 3 fully saturated rings. The van der Waals surface area contributed by atoms with Crippen LogP contribution < -0.4 is 0 Å². The van der Waals surface area contributed by atoms with Crippen molar-refractivity contribution in [1.82, 2.24) is 25.1 Å². The van der Waals surface area contributed by atoms with E-state index in [1.807, 2.05) is 58.1 Å². The number of amides is 1. The molecule has 1 aliphatic carbocycles. The molecule has 2 bridgehead atoms. The van der Waals surface area contributed by atoms with E-state index in [9.17, 15) is 34.2 Å². The van der Waals surface area contributed by atoms with Crippen LogP contribution in [-0.2, 0) is 47.7 Å². The number of carbonyl (C=O) groups is 5. The number of ether oxygens (including phenoxy) is 5. The van der Waals surface area contributed by atoms with E-state index < -0.39 is 77.8 Å². The molecule has 1 amide bonds. The van der Waals surface area contributed by atoms with Gasteiger partial charge in [0.15, 0.2) is 12.1 Å². The van der Waals surface area contributed by atoms with Gasteiger partial charge in [-0.15, -0.1) is 10.2 Å². The smallest absolute Gasteiger partial charge is 0.329 e. The molecule has 1 aromatic rings. The Balaban J connectivity index is 1.46. The second-order valence-corrected chi connectivity index (χ2v) is 20.3. The third-order valence-corrected chi connectivity index (χ3v) is 15.1. The van der Waals surface area contributed by atoms with Crippen LogP contribution in [0.5, 0.6) is 0 Å². The highest BCUT2D eigenvalue weighted by atomic mass is 16.6. The molecule has 2 N–H and O–H groups in total. The summed E-state index contributed by atoms with van der Waals surface area (Å²) in [6.07, 6.45) is 13.7. The molecule has 1 aromatic heterocycles. The summed E-state index contributed by atoms with van der Waals surface area (Å²) in [5.74, 6) is -7.94. The third kappa shape index (κ3) is 14.2. The third-order valence-electron chi connectivity index (χ3n) is 15.1. The molecule has 15 atom stereocenters. The van der Waals surface area contributed by atoms with Crippen molar-refractivity contribution in [2.45, 2.75) is 180 Å². The average molecular weight is 966 g/mol. The highest BCUT2D eigenvalue weighted by molar-refractivity contribution is 6.39. The molecular weight excluding hydrogens is 887 g/mol. The quantitative estimate of drug-likeness (QED) is 0.181. The molecule has 0 spiro atoms. The number of hydrogen-bond donors (Lipinski definition) is 2. The van der Waals surface area contributed by atoms with Crippen LogP contribution in [0.3, 0.4) is 0 Å². The lowest BCUT2D eigenvalue weighted by Gasteiger charge is -2.42. The number of piperidine rings is 1. The van der Waals surface area contributed by atoms with Crippen LogP contribution in [0, 0.1) is 35.5 Å². The van der Waals surface area contributed by atoms with Gasteiger partial charge in [0.25, 0.3) is 11.7 Å². The van der Waals surface area contributed by atoms with Crippen LogP contribution in [0.2, 0.25) is 0 Å². The van der Waals surface area contributed by atoms with E-state index in [1.165, 1.54) is 18.3 Å². The summed E-state index contributed by atoms with van der Waals surface area (Å²) in [5.41, 5.74) is 1.27. The van der Waals surface area contributed by atoms with Crippen molar-refractivity contribution in [3.05, 3.63) is 53.9 Å². The Morgan fingerprint density at radius 1 is 0.884 bits per heavy atom. The van der Waals surface area contributed by atoms with Crippen LogP contribution in [-0.4, -0.2) is 141 Å². The van der Waals surface area contributed by atoms with Crippen LogP contribution in [0.25, 0.3) is 0 Å². The molecule has 69 heavy (non-hydrogen) atoms. The minimum Gasteiger partial charge on any atom is -0.460 e. The van der Waals surface area contributed by atoms with Gasteiger partial charge in [-0.25, -0.2) is 4.79 Å². The van der Waals surface area contributed by atoms with E-state index in [0.29, 0.717) is 56.9 Å². The topological polar surface area (TPSA) is 219 Å². The molecule has 4 aliphatic rings. The van der Waals surface area contributed by atoms with Crippen LogP contribution in [0.15, 0.2) is 53.9 Å². The second kappa shape index (κ2) is 25.7. The average Bonchev–Trinajstić information content (AvgIpc) is 3.88. The first-order valence-corrected chi connectivity index (χ1v) is 25.0. The van der Waals surface area contributed by atoms with Gasteiger partial charge in [0, 0.05) is 58.5 Å². The zero-order valence-corrected chi connectivity index (χ0v) is 42.5. The predicted octanol–water partition coefficient (Wildman–Crippen LogP) is 6.05. The number of methoxy groups -OCH3 is 3.